The number of likely N-dealkylation sites (tertiary alicyclic amines) is 1. The van der Waals surface area contributed by atoms with Gasteiger partial charge >= 0.3 is 0 Å². The number of rotatable bonds is 4. The summed E-state index contributed by atoms with van der Waals surface area (Å²) in [4.78, 5) is 2.37. The number of benzene rings is 1. The Hall–Kier alpha value is -0.640. The molecule has 0 spiro atoms. The fraction of sp³-hybridized carbons (Fsp3) is 0.600. The highest BCUT2D eigenvalue weighted by Gasteiger charge is 2.30. The molecule has 1 aliphatic rings. The topological polar surface area (TPSA) is 29.3 Å². The molecule has 1 saturated heterocycles. The Balaban J connectivity index is 2.14. The number of hydrogen-bond donors (Lipinski definition) is 1. The Morgan fingerprint density at radius 1 is 1.47 bits per heavy atom. The van der Waals surface area contributed by atoms with E-state index in [1.54, 1.807) is 6.07 Å². The fourth-order valence-electron chi connectivity index (χ4n) is 2.86. The molecule has 2 rings (SSSR count). The van der Waals surface area contributed by atoms with Gasteiger partial charge in [0.05, 0.1) is 5.02 Å². The molecule has 1 aromatic carbocycles. The van der Waals surface area contributed by atoms with Crippen LogP contribution in [0.15, 0.2) is 18.2 Å². The predicted octanol–water partition coefficient (Wildman–Crippen LogP) is 3.46. The quantitative estimate of drug-likeness (QED) is 0.917. The van der Waals surface area contributed by atoms with E-state index in [2.05, 4.69) is 18.7 Å². The van der Waals surface area contributed by atoms with Crippen molar-refractivity contribution < 1.29 is 4.39 Å². The first-order valence-corrected chi connectivity index (χ1v) is 7.29. The summed E-state index contributed by atoms with van der Waals surface area (Å²) in [5.41, 5.74) is 6.82. The van der Waals surface area contributed by atoms with Crippen LogP contribution in [0, 0.1) is 17.7 Å². The monoisotopic (exact) mass is 284 g/mol. The van der Waals surface area contributed by atoms with Crippen LogP contribution < -0.4 is 5.73 Å². The van der Waals surface area contributed by atoms with Gasteiger partial charge in [0, 0.05) is 19.1 Å². The number of nitrogens with zero attached hydrogens (tertiary/aromatic N) is 1. The van der Waals surface area contributed by atoms with Gasteiger partial charge in [-0.2, -0.15) is 0 Å². The first-order valence-electron chi connectivity index (χ1n) is 6.92. The van der Waals surface area contributed by atoms with Gasteiger partial charge in [0.25, 0.3) is 0 Å². The molecule has 1 aromatic rings. The van der Waals surface area contributed by atoms with Gasteiger partial charge in [0.2, 0.25) is 0 Å². The van der Waals surface area contributed by atoms with Gasteiger partial charge in [-0.15, -0.1) is 0 Å². The Kier molecular flexibility index (Phi) is 4.82. The van der Waals surface area contributed by atoms with E-state index in [1.807, 2.05) is 6.07 Å². The highest BCUT2D eigenvalue weighted by Crippen LogP contribution is 2.31. The van der Waals surface area contributed by atoms with Crippen molar-refractivity contribution in [1.29, 1.82) is 0 Å². The van der Waals surface area contributed by atoms with Crippen molar-refractivity contribution in [3.05, 3.63) is 34.6 Å². The summed E-state index contributed by atoms with van der Waals surface area (Å²) in [6, 6.07) is 5.11. The summed E-state index contributed by atoms with van der Waals surface area (Å²) in [6.07, 6.45) is 1.20. The minimum Gasteiger partial charge on any atom is -0.329 e. The molecule has 2 atom stereocenters. The van der Waals surface area contributed by atoms with Crippen LogP contribution in [0.25, 0.3) is 0 Å². The summed E-state index contributed by atoms with van der Waals surface area (Å²) in [5, 5.41) is 0.168. The van der Waals surface area contributed by atoms with Crippen molar-refractivity contribution in [2.75, 3.05) is 19.6 Å². The lowest BCUT2D eigenvalue weighted by Gasteiger charge is -2.27. The van der Waals surface area contributed by atoms with E-state index in [-0.39, 0.29) is 16.9 Å². The lowest BCUT2D eigenvalue weighted by Crippen LogP contribution is -2.32. The van der Waals surface area contributed by atoms with Gasteiger partial charge in [0.1, 0.15) is 5.82 Å². The van der Waals surface area contributed by atoms with Crippen molar-refractivity contribution in [3.8, 4) is 0 Å². The summed E-state index contributed by atoms with van der Waals surface area (Å²) in [7, 11) is 0. The van der Waals surface area contributed by atoms with Crippen molar-refractivity contribution in [2.45, 2.75) is 26.3 Å². The fourth-order valence-corrected chi connectivity index (χ4v) is 2.98. The molecule has 19 heavy (non-hydrogen) atoms. The highest BCUT2D eigenvalue weighted by atomic mass is 35.5. The zero-order valence-corrected chi connectivity index (χ0v) is 12.3. The van der Waals surface area contributed by atoms with Crippen molar-refractivity contribution >= 4 is 11.6 Å². The van der Waals surface area contributed by atoms with Crippen LogP contribution in [0.1, 0.15) is 31.9 Å². The molecule has 106 valence electrons. The lowest BCUT2D eigenvalue weighted by atomic mass is 9.95. The second-order valence-corrected chi connectivity index (χ2v) is 6.12. The molecule has 1 aliphatic heterocycles. The SMILES string of the molecule is CC(C)C1CCN(C(CN)c2ccc(Cl)c(F)c2)C1. The maximum Gasteiger partial charge on any atom is 0.142 e. The molecule has 4 heteroatoms. The molecule has 2 nitrogen and oxygen atoms in total. The predicted molar refractivity (Wildman–Crippen MR) is 77.7 cm³/mol. The molecule has 0 amide bonds. The van der Waals surface area contributed by atoms with Gasteiger partial charge in [-0.1, -0.05) is 31.5 Å². The third-order valence-corrected chi connectivity index (χ3v) is 4.50. The minimum absolute atomic E-state index is 0.0931. The van der Waals surface area contributed by atoms with Crippen LogP contribution in [-0.2, 0) is 0 Å². The summed E-state index contributed by atoms with van der Waals surface area (Å²) in [6.45, 7) is 7.10. The van der Waals surface area contributed by atoms with Crippen LogP contribution in [-0.4, -0.2) is 24.5 Å². The smallest absolute Gasteiger partial charge is 0.142 e. The number of nitrogens with two attached hydrogens (primary N) is 1. The van der Waals surface area contributed by atoms with E-state index in [1.165, 1.54) is 12.5 Å². The Bertz CT molecular complexity index is 436. The second kappa shape index (κ2) is 6.21. The van der Waals surface area contributed by atoms with Crippen molar-refractivity contribution in [3.63, 3.8) is 0 Å². The normalized spacial score (nSPS) is 22.1. The summed E-state index contributed by atoms with van der Waals surface area (Å²) < 4.78 is 13.6. The molecule has 1 fully saturated rings. The average molecular weight is 285 g/mol. The van der Waals surface area contributed by atoms with Crippen LogP contribution in [0.4, 0.5) is 4.39 Å². The molecular formula is C15H22ClFN2. The van der Waals surface area contributed by atoms with Crippen LogP contribution in [0.2, 0.25) is 5.02 Å². The Labute approximate surface area is 119 Å². The van der Waals surface area contributed by atoms with Gasteiger partial charge in [-0.3, -0.25) is 4.90 Å². The largest absolute Gasteiger partial charge is 0.329 e. The zero-order valence-electron chi connectivity index (χ0n) is 11.6. The third-order valence-electron chi connectivity index (χ3n) is 4.19. The highest BCUT2D eigenvalue weighted by molar-refractivity contribution is 6.30. The van der Waals surface area contributed by atoms with E-state index >= 15 is 0 Å². The van der Waals surface area contributed by atoms with Crippen molar-refractivity contribution in [1.82, 2.24) is 4.90 Å². The molecule has 1 heterocycles. The Morgan fingerprint density at radius 2 is 2.21 bits per heavy atom. The van der Waals surface area contributed by atoms with E-state index < -0.39 is 0 Å². The van der Waals surface area contributed by atoms with Crippen LogP contribution >= 0.6 is 11.6 Å². The molecule has 2 N–H and O–H groups in total. The van der Waals surface area contributed by atoms with E-state index in [0.717, 1.165) is 18.7 Å². The van der Waals surface area contributed by atoms with E-state index in [0.29, 0.717) is 18.4 Å². The summed E-state index contributed by atoms with van der Waals surface area (Å²) >= 11 is 5.73. The van der Waals surface area contributed by atoms with Gasteiger partial charge in [-0.25, -0.2) is 4.39 Å². The molecular weight excluding hydrogens is 263 g/mol. The molecule has 0 radical (unpaired) electrons. The summed E-state index contributed by atoms with van der Waals surface area (Å²) in [5.74, 6) is 1.04. The first-order chi connectivity index (χ1) is 9.02. The van der Waals surface area contributed by atoms with Crippen LogP contribution in [0.5, 0.6) is 0 Å². The number of halogens is 2. The molecule has 0 aromatic heterocycles. The van der Waals surface area contributed by atoms with E-state index in [4.69, 9.17) is 17.3 Å². The molecule has 0 bridgehead atoms. The van der Waals surface area contributed by atoms with Crippen LogP contribution in [0.3, 0.4) is 0 Å². The molecule has 2 unspecified atom stereocenters. The maximum absolute atomic E-state index is 13.6. The lowest BCUT2D eigenvalue weighted by molar-refractivity contribution is 0.231. The third kappa shape index (κ3) is 3.28. The second-order valence-electron chi connectivity index (χ2n) is 5.71. The minimum atomic E-state index is -0.364. The standard InChI is InChI=1S/C15H22ClFN2/c1-10(2)12-5-6-19(9-12)15(8-18)11-3-4-13(16)14(17)7-11/h3-4,7,10,12,15H,5-6,8-9,18H2,1-2H3. The molecule has 0 saturated carbocycles. The average Bonchev–Trinajstić information content (AvgIpc) is 2.84. The Morgan fingerprint density at radius 3 is 2.74 bits per heavy atom. The number of hydrogen-bond acceptors (Lipinski definition) is 2. The van der Waals surface area contributed by atoms with Gasteiger partial charge in [-0.05, 0) is 42.5 Å². The zero-order chi connectivity index (χ0) is 14.0. The maximum atomic E-state index is 13.6. The van der Waals surface area contributed by atoms with E-state index in [9.17, 15) is 4.39 Å². The van der Waals surface area contributed by atoms with Gasteiger partial charge in [0.15, 0.2) is 0 Å². The molecule has 0 aliphatic carbocycles. The van der Waals surface area contributed by atoms with Crippen molar-refractivity contribution in [2.24, 2.45) is 17.6 Å². The van der Waals surface area contributed by atoms with Gasteiger partial charge < -0.3 is 5.73 Å². The first kappa shape index (κ1) is 14.8.